The molecule has 32 heavy (non-hydrogen) atoms. The van der Waals surface area contributed by atoms with Crippen LogP contribution in [0.25, 0.3) is 0 Å². The number of halogens is 4. The molecule has 0 aliphatic rings. The second kappa shape index (κ2) is 10.2. The molecule has 3 aromatic rings. The topological polar surface area (TPSA) is 66.5 Å². The van der Waals surface area contributed by atoms with Gasteiger partial charge in [0.2, 0.25) is 15.9 Å². The number of rotatable bonds is 7. The van der Waals surface area contributed by atoms with Crippen LogP contribution in [0.5, 0.6) is 0 Å². The van der Waals surface area contributed by atoms with Crippen molar-refractivity contribution in [3.8, 4) is 0 Å². The number of carbonyl (C=O) groups excluding carboxylic acids is 1. The van der Waals surface area contributed by atoms with Crippen LogP contribution in [0.2, 0.25) is 15.1 Å². The van der Waals surface area contributed by atoms with Crippen LogP contribution < -0.4 is 5.32 Å². The molecule has 168 valence electrons. The largest absolute Gasteiger partial charge is 0.324 e. The molecule has 0 aliphatic carbocycles. The second-order valence-corrected chi connectivity index (χ2v) is 10.1. The molecular formula is C22H18Cl3FN2O3S. The third kappa shape index (κ3) is 5.79. The Balaban J connectivity index is 1.95. The number of hydrogen-bond donors (Lipinski definition) is 1. The van der Waals surface area contributed by atoms with Crippen molar-refractivity contribution in [3.05, 3.63) is 92.7 Å². The average molecular weight is 516 g/mol. The molecule has 0 heterocycles. The Morgan fingerprint density at radius 1 is 1.00 bits per heavy atom. The minimum absolute atomic E-state index is 0.0378. The maximum atomic E-state index is 14.4. The summed E-state index contributed by atoms with van der Waals surface area (Å²) in [5.74, 6) is -1.36. The third-order valence-electron chi connectivity index (χ3n) is 4.58. The van der Waals surface area contributed by atoms with Gasteiger partial charge in [-0.1, -0.05) is 58.6 Å². The molecule has 0 saturated heterocycles. The normalized spacial score (nSPS) is 11.6. The van der Waals surface area contributed by atoms with Crippen LogP contribution >= 0.6 is 34.8 Å². The predicted molar refractivity (Wildman–Crippen MR) is 125 cm³/mol. The van der Waals surface area contributed by atoms with E-state index in [-0.39, 0.29) is 26.2 Å². The fraction of sp³-hybridized carbons (Fsp3) is 0.136. The molecular weight excluding hydrogens is 498 g/mol. The number of hydrogen-bond acceptors (Lipinski definition) is 3. The molecule has 3 aromatic carbocycles. The van der Waals surface area contributed by atoms with Crippen LogP contribution in [0.3, 0.4) is 0 Å². The van der Waals surface area contributed by atoms with Gasteiger partial charge in [-0.3, -0.25) is 4.79 Å². The van der Waals surface area contributed by atoms with Gasteiger partial charge in [0.25, 0.3) is 0 Å². The molecule has 0 unspecified atom stereocenters. The van der Waals surface area contributed by atoms with Crippen molar-refractivity contribution in [2.75, 3.05) is 11.9 Å². The van der Waals surface area contributed by atoms with E-state index in [4.69, 9.17) is 34.8 Å². The van der Waals surface area contributed by atoms with E-state index in [1.807, 2.05) is 6.92 Å². The van der Waals surface area contributed by atoms with Crippen molar-refractivity contribution in [1.29, 1.82) is 0 Å². The minimum atomic E-state index is -4.17. The summed E-state index contributed by atoms with van der Waals surface area (Å²) in [5.41, 5.74) is 1.04. The van der Waals surface area contributed by atoms with Crippen molar-refractivity contribution >= 4 is 56.4 Å². The summed E-state index contributed by atoms with van der Waals surface area (Å²) < 4.78 is 41.9. The van der Waals surface area contributed by atoms with Gasteiger partial charge in [-0.2, -0.15) is 4.31 Å². The SMILES string of the molecule is Cc1ccc(S(=O)(=O)N(CC(=O)Nc2cc(Cl)ccc2Cl)Cc2c(F)cccc2Cl)cc1. The number of benzene rings is 3. The lowest BCUT2D eigenvalue weighted by Gasteiger charge is -2.23. The van der Waals surface area contributed by atoms with Crippen LogP contribution in [0.1, 0.15) is 11.1 Å². The summed E-state index contributed by atoms with van der Waals surface area (Å²) in [6, 6.07) is 14.6. The van der Waals surface area contributed by atoms with Crippen molar-refractivity contribution in [2.24, 2.45) is 0 Å². The lowest BCUT2D eigenvalue weighted by Crippen LogP contribution is -2.38. The zero-order chi connectivity index (χ0) is 23.5. The van der Waals surface area contributed by atoms with E-state index in [1.54, 1.807) is 18.2 Å². The highest BCUT2D eigenvalue weighted by Gasteiger charge is 2.28. The second-order valence-electron chi connectivity index (χ2n) is 6.96. The van der Waals surface area contributed by atoms with Crippen molar-refractivity contribution in [1.82, 2.24) is 4.31 Å². The predicted octanol–water partition coefficient (Wildman–Crippen LogP) is 5.92. The molecule has 0 radical (unpaired) electrons. The van der Waals surface area contributed by atoms with Crippen molar-refractivity contribution in [3.63, 3.8) is 0 Å². The maximum absolute atomic E-state index is 14.4. The number of carbonyl (C=O) groups is 1. The Bertz CT molecular complexity index is 1230. The molecule has 1 N–H and O–H groups in total. The molecule has 0 fully saturated rings. The molecule has 0 atom stereocenters. The van der Waals surface area contributed by atoms with Gasteiger partial charge >= 0.3 is 0 Å². The highest BCUT2D eigenvalue weighted by Crippen LogP contribution is 2.27. The number of nitrogens with one attached hydrogen (secondary N) is 1. The molecule has 0 aliphatic heterocycles. The number of aryl methyl sites for hydroxylation is 1. The number of anilines is 1. The molecule has 0 aromatic heterocycles. The Kier molecular flexibility index (Phi) is 7.79. The highest BCUT2D eigenvalue weighted by atomic mass is 35.5. The number of nitrogens with zero attached hydrogens (tertiary/aromatic N) is 1. The first-order valence-corrected chi connectivity index (χ1v) is 11.9. The van der Waals surface area contributed by atoms with E-state index in [2.05, 4.69) is 5.32 Å². The van der Waals surface area contributed by atoms with E-state index in [0.29, 0.717) is 5.02 Å². The molecule has 0 spiro atoms. The average Bonchev–Trinajstić information content (AvgIpc) is 2.73. The summed E-state index contributed by atoms with van der Waals surface area (Å²) in [6.07, 6.45) is 0. The summed E-state index contributed by atoms with van der Waals surface area (Å²) >= 11 is 18.1. The molecule has 5 nitrogen and oxygen atoms in total. The van der Waals surface area contributed by atoms with Gasteiger partial charge in [-0.15, -0.1) is 0 Å². The molecule has 10 heteroatoms. The summed E-state index contributed by atoms with van der Waals surface area (Å²) in [6.45, 7) is 0.762. The van der Waals surface area contributed by atoms with Crippen molar-refractivity contribution in [2.45, 2.75) is 18.4 Å². The van der Waals surface area contributed by atoms with Gasteiger partial charge in [-0.05, 0) is 49.4 Å². The summed E-state index contributed by atoms with van der Waals surface area (Å²) in [5, 5.41) is 3.16. The Morgan fingerprint density at radius 2 is 1.69 bits per heavy atom. The Labute approximate surface area is 200 Å². The maximum Gasteiger partial charge on any atom is 0.243 e. The van der Waals surface area contributed by atoms with Gasteiger partial charge in [-0.25, -0.2) is 12.8 Å². The highest BCUT2D eigenvalue weighted by molar-refractivity contribution is 7.89. The van der Waals surface area contributed by atoms with Gasteiger partial charge < -0.3 is 5.32 Å². The van der Waals surface area contributed by atoms with Crippen LogP contribution in [-0.2, 0) is 21.4 Å². The fourth-order valence-electron chi connectivity index (χ4n) is 2.89. The smallest absolute Gasteiger partial charge is 0.243 e. The molecule has 3 rings (SSSR count). The summed E-state index contributed by atoms with van der Waals surface area (Å²) in [4.78, 5) is 12.7. The Hall–Kier alpha value is -2.16. The van der Waals surface area contributed by atoms with E-state index < -0.39 is 34.8 Å². The number of amides is 1. The summed E-state index contributed by atoms with van der Waals surface area (Å²) in [7, 11) is -4.17. The van der Waals surface area contributed by atoms with E-state index in [9.17, 15) is 17.6 Å². The number of sulfonamides is 1. The van der Waals surface area contributed by atoms with Gasteiger partial charge in [0, 0.05) is 22.2 Å². The lowest BCUT2D eigenvalue weighted by molar-refractivity contribution is -0.116. The lowest BCUT2D eigenvalue weighted by atomic mass is 10.2. The molecule has 0 bridgehead atoms. The van der Waals surface area contributed by atoms with E-state index >= 15 is 0 Å². The minimum Gasteiger partial charge on any atom is -0.324 e. The quantitative estimate of drug-likeness (QED) is 0.424. The molecule has 1 amide bonds. The zero-order valence-electron chi connectivity index (χ0n) is 16.8. The van der Waals surface area contributed by atoms with E-state index in [0.717, 1.165) is 9.87 Å². The molecule has 0 saturated carbocycles. The first-order valence-electron chi connectivity index (χ1n) is 9.32. The standard InChI is InChI=1S/C22H18Cl3FN2O3S/c1-14-5-8-16(9-6-14)32(30,31)28(12-17-18(24)3-2-4-20(17)26)13-22(29)27-21-11-15(23)7-10-19(21)25/h2-11H,12-13H2,1H3,(H,27,29). The zero-order valence-corrected chi connectivity index (χ0v) is 19.9. The van der Waals surface area contributed by atoms with Crippen LogP contribution in [0.4, 0.5) is 10.1 Å². The van der Waals surface area contributed by atoms with Gasteiger partial charge in [0.1, 0.15) is 5.82 Å². The Morgan fingerprint density at radius 3 is 2.34 bits per heavy atom. The van der Waals surface area contributed by atoms with Crippen molar-refractivity contribution < 1.29 is 17.6 Å². The first kappa shape index (κ1) is 24.5. The van der Waals surface area contributed by atoms with Crippen LogP contribution in [-0.4, -0.2) is 25.2 Å². The van der Waals surface area contributed by atoms with Gasteiger partial charge in [0.05, 0.1) is 22.2 Å². The first-order chi connectivity index (χ1) is 15.1. The van der Waals surface area contributed by atoms with Crippen LogP contribution in [0.15, 0.2) is 65.6 Å². The van der Waals surface area contributed by atoms with E-state index in [1.165, 1.54) is 42.5 Å². The van der Waals surface area contributed by atoms with Gasteiger partial charge in [0.15, 0.2) is 0 Å². The van der Waals surface area contributed by atoms with Crippen LogP contribution in [0, 0.1) is 12.7 Å². The monoisotopic (exact) mass is 514 g/mol. The fourth-order valence-corrected chi connectivity index (χ4v) is 4.81. The third-order valence-corrected chi connectivity index (χ3v) is 7.30.